The van der Waals surface area contributed by atoms with Gasteiger partial charge < -0.3 is 19.9 Å². The standard InChI is InChI=1S/C29H26ClN5O3S2/c1-2-37-13-11-33-27-24(15-31)26(19-5-9-23(10-6-19)38-14-12-36)25(16-32)29(35-27)40-18-22-17-39-28(34-22)20-3-7-21(30)8-4-20/h3-10,17,36H,2,11-14,18H2,1H3,(H,33,35). The number of aliphatic hydroxyl groups excluding tert-OH is 1. The molecule has 0 radical (unpaired) electrons. The fourth-order valence-electron chi connectivity index (χ4n) is 3.81. The van der Waals surface area contributed by atoms with Gasteiger partial charge in [0.1, 0.15) is 45.9 Å². The number of nitrogens with zero attached hydrogens (tertiary/aromatic N) is 4. The lowest BCUT2D eigenvalue weighted by Crippen LogP contribution is -2.13. The quantitative estimate of drug-likeness (QED) is 0.134. The van der Waals surface area contributed by atoms with E-state index in [1.165, 1.54) is 23.1 Å². The molecule has 8 nitrogen and oxygen atoms in total. The molecular formula is C29H26ClN5O3S2. The van der Waals surface area contributed by atoms with E-state index in [4.69, 9.17) is 36.1 Å². The smallest absolute Gasteiger partial charge is 0.146 e. The van der Waals surface area contributed by atoms with Crippen molar-refractivity contribution >= 4 is 40.5 Å². The average Bonchev–Trinajstić information content (AvgIpc) is 3.46. The highest BCUT2D eigenvalue weighted by molar-refractivity contribution is 7.98. The van der Waals surface area contributed by atoms with Gasteiger partial charge in [-0.3, -0.25) is 0 Å². The number of hydrogen-bond acceptors (Lipinski definition) is 10. The van der Waals surface area contributed by atoms with Crippen molar-refractivity contribution in [3.63, 3.8) is 0 Å². The lowest BCUT2D eigenvalue weighted by atomic mass is 9.96. The minimum absolute atomic E-state index is 0.0964. The monoisotopic (exact) mass is 591 g/mol. The zero-order valence-electron chi connectivity index (χ0n) is 21.7. The van der Waals surface area contributed by atoms with Gasteiger partial charge in [-0.2, -0.15) is 10.5 Å². The van der Waals surface area contributed by atoms with E-state index in [-0.39, 0.29) is 18.8 Å². The summed E-state index contributed by atoms with van der Waals surface area (Å²) in [6.07, 6.45) is 0. The van der Waals surface area contributed by atoms with Crippen LogP contribution < -0.4 is 10.1 Å². The number of hydrogen-bond donors (Lipinski definition) is 2. The topological polar surface area (TPSA) is 124 Å². The molecule has 0 bridgehead atoms. The highest BCUT2D eigenvalue weighted by Crippen LogP contribution is 2.38. The first kappa shape index (κ1) is 29.3. The molecule has 0 saturated heterocycles. The summed E-state index contributed by atoms with van der Waals surface area (Å²) in [4.78, 5) is 9.46. The van der Waals surface area contributed by atoms with Crippen LogP contribution in [0.15, 0.2) is 58.9 Å². The molecular weight excluding hydrogens is 566 g/mol. The summed E-state index contributed by atoms with van der Waals surface area (Å²) >= 11 is 8.94. The van der Waals surface area contributed by atoms with Gasteiger partial charge in [0, 0.05) is 40.4 Å². The van der Waals surface area contributed by atoms with Crippen molar-refractivity contribution in [2.24, 2.45) is 0 Å². The van der Waals surface area contributed by atoms with Crippen molar-refractivity contribution in [1.82, 2.24) is 9.97 Å². The normalized spacial score (nSPS) is 10.6. The molecule has 2 N–H and O–H groups in total. The van der Waals surface area contributed by atoms with Gasteiger partial charge in [0.25, 0.3) is 0 Å². The number of aliphatic hydroxyl groups is 1. The molecule has 0 aliphatic rings. The van der Waals surface area contributed by atoms with E-state index < -0.39 is 0 Å². The SMILES string of the molecule is CCOCCNc1nc(SCc2csc(-c3ccc(Cl)cc3)n2)c(C#N)c(-c2ccc(OCCO)cc2)c1C#N. The van der Waals surface area contributed by atoms with Crippen LogP contribution in [0.5, 0.6) is 5.75 Å². The maximum absolute atomic E-state index is 10.2. The first-order valence-corrected chi connectivity index (χ1v) is 14.7. The third-order valence-electron chi connectivity index (χ3n) is 5.63. The van der Waals surface area contributed by atoms with E-state index in [0.29, 0.717) is 63.8 Å². The minimum Gasteiger partial charge on any atom is -0.491 e. The van der Waals surface area contributed by atoms with Crippen LogP contribution in [0.2, 0.25) is 5.02 Å². The molecule has 0 aliphatic carbocycles. The van der Waals surface area contributed by atoms with Gasteiger partial charge in [0.15, 0.2) is 0 Å². The molecule has 0 saturated carbocycles. The minimum atomic E-state index is -0.0964. The maximum Gasteiger partial charge on any atom is 0.146 e. The molecule has 204 valence electrons. The first-order valence-electron chi connectivity index (χ1n) is 12.4. The van der Waals surface area contributed by atoms with Gasteiger partial charge in [0.2, 0.25) is 0 Å². The van der Waals surface area contributed by atoms with Crippen molar-refractivity contribution in [3.05, 3.63) is 75.8 Å². The summed E-state index contributed by atoms with van der Waals surface area (Å²) in [5.41, 5.74) is 3.60. The van der Waals surface area contributed by atoms with Crippen LogP contribution in [0.25, 0.3) is 21.7 Å². The second-order valence-electron chi connectivity index (χ2n) is 8.27. The first-order chi connectivity index (χ1) is 19.6. The van der Waals surface area contributed by atoms with Gasteiger partial charge in [-0.1, -0.05) is 47.6 Å². The molecule has 11 heteroatoms. The van der Waals surface area contributed by atoms with Crippen LogP contribution >= 0.6 is 34.7 Å². The molecule has 0 unspecified atom stereocenters. The highest BCUT2D eigenvalue weighted by Gasteiger charge is 2.22. The number of anilines is 1. The highest BCUT2D eigenvalue weighted by atomic mass is 35.5. The molecule has 4 aromatic rings. The lowest BCUT2D eigenvalue weighted by molar-refractivity contribution is 0.158. The Balaban J connectivity index is 1.68. The van der Waals surface area contributed by atoms with Gasteiger partial charge in [-0.25, -0.2) is 9.97 Å². The molecule has 2 heterocycles. The van der Waals surface area contributed by atoms with Crippen LogP contribution in [0.1, 0.15) is 23.7 Å². The predicted octanol–water partition coefficient (Wildman–Crippen LogP) is 6.38. The third kappa shape index (κ3) is 7.30. The average molecular weight is 592 g/mol. The Morgan fingerprint density at radius 2 is 1.73 bits per heavy atom. The van der Waals surface area contributed by atoms with E-state index in [9.17, 15) is 10.5 Å². The molecule has 0 aliphatic heterocycles. The van der Waals surface area contributed by atoms with Crippen molar-refractivity contribution in [3.8, 4) is 39.6 Å². The number of rotatable bonds is 13. The fraction of sp³-hybridized carbons (Fsp3) is 0.241. The summed E-state index contributed by atoms with van der Waals surface area (Å²) in [7, 11) is 0. The van der Waals surface area contributed by atoms with Crippen LogP contribution in [0.4, 0.5) is 5.82 Å². The lowest BCUT2D eigenvalue weighted by Gasteiger charge is -2.16. The second kappa shape index (κ2) is 14.7. The van der Waals surface area contributed by atoms with E-state index in [2.05, 4.69) is 17.5 Å². The Morgan fingerprint density at radius 3 is 2.40 bits per heavy atom. The van der Waals surface area contributed by atoms with E-state index in [1.54, 1.807) is 24.3 Å². The number of thioether (sulfide) groups is 1. The largest absolute Gasteiger partial charge is 0.491 e. The Labute approximate surface area is 246 Å². The van der Waals surface area contributed by atoms with Crippen molar-refractivity contribution in [2.45, 2.75) is 17.7 Å². The molecule has 2 aromatic heterocycles. The van der Waals surface area contributed by atoms with Crippen LogP contribution in [0, 0.1) is 22.7 Å². The van der Waals surface area contributed by atoms with E-state index >= 15 is 0 Å². The maximum atomic E-state index is 10.2. The molecule has 4 rings (SSSR count). The molecule has 0 atom stereocenters. The summed E-state index contributed by atoms with van der Waals surface area (Å²) in [5, 5.41) is 36.6. The Kier molecular flexibility index (Phi) is 10.8. The number of ether oxygens (including phenoxy) is 2. The van der Waals surface area contributed by atoms with Crippen LogP contribution in [0.3, 0.4) is 0 Å². The third-order valence-corrected chi connectivity index (χ3v) is 7.83. The molecule has 0 fully saturated rings. The summed E-state index contributed by atoms with van der Waals surface area (Å²) in [6.45, 7) is 3.47. The summed E-state index contributed by atoms with van der Waals surface area (Å²) < 4.78 is 10.9. The summed E-state index contributed by atoms with van der Waals surface area (Å²) in [5.74, 6) is 1.46. The number of nitrogens with one attached hydrogen (secondary N) is 1. The zero-order chi connectivity index (χ0) is 28.3. The van der Waals surface area contributed by atoms with E-state index in [1.807, 2.05) is 36.6 Å². The molecule has 2 aromatic carbocycles. The van der Waals surface area contributed by atoms with Crippen molar-refractivity contribution < 1.29 is 14.6 Å². The Hall–Kier alpha value is -3.64. The van der Waals surface area contributed by atoms with Crippen LogP contribution in [-0.2, 0) is 10.5 Å². The fourth-order valence-corrected chi connectivity index (χ4v) is 5.74. The van der Waals surface area contributed by atoms with Crippen LogP contribution in [-0.4, -0.2) is 48.0 Å². The van der Waals surface area contributed by atoms with Crippen molar-refractivity contribution in [1.29, 1.82) is 10.5 Å². The number of nitriles is 2. The van der Waals surface area contributed by atoms with Crippen molar-refractivity contribution in [2.75, 3.05) is 38.3 Å². The molecule has 40 heavy (non-hydrogen) atoms. The number of pyridine rings is 1. The van der Waals surface area contributed by atoms with Gasteiger partial charge in [-0.05, 0) is 36.8 Å². The zero-order valence-corrected chi connectivity index (χ0v) is 24.1. The number of halogens is 1. The summed E-state index contributed by atoms with van der Waals surface area (Å²) in [6, 6.07) is 19.1. The number of aromatic nitrogens is 2. The van der Waals surface area contributed by atoms with Gasteiger partial charge in [-0.15, -0.1) is 11.3 Å². The second-order valence-corrected chi connectivity index (χ2v) is 10.5. The predicted molar refractivity (Wildman–Crippen MR) is 159 cm³/mol. The molecule has 0 spiro atoms. The van der Waals surface area contributed by atoms with Gasteiger partial charge in [0.05, 0.1) is 24.5 Å². The van der Waals surface area contributed by atoms with Gasteiger partial charge >= 0.3 is 0 Å². The Bertz CT molecular complexity index is 1510. The number of thiazole rings is 1. The Morgan fingerprint density at radius 1 is 1.00 bits per heavy atom. The van der Waals surface area contributed by atoms with E-state index in [0.717, 1.165) is 16.3 Å². The number of benzene rings is 2. The molecule has 0 amide bonds.